The molecule has 1 fully saturated rings. The van der Waals surface area contributed by atoms with Gasteiger partial charge in [0.15, 0.2) is 0 Å². The van der Waals surface area contributed by atoms with Crippen molar-refractivity contribution < 1.29 is 4.79 Å². The van der Waals surface area contributed by atoms with Gasteiger partial charge in [0.25, 0.3) is 0 Å². The summed E-state index contributed by atoms with van der Waals surface area (Å²) in [5.41, 5.74) is 3.73. The van der Waals surface area contributed by atoms with Crippen LogP contribution >= 0.6 is 0 Å². The summed E-state index contributed by atoms with van der Waals surface area (Å²) in [6, 6.07) is 17.7. The fourth-order valence-electron chi connectivity index (χ4n) is 3.25. The van der Waals surface area contributed by atoms with Crippen LogP contribution in [0, 0.1) is 11.3 Å². The SMILES string of the molecule is CC(C)c1ccccc1NC(=O)N1CCN(c2cccc(C#N)c2)CC1. The van der Waals surface area contributed by atoms with Crippen molar-refractivity contribution in [3.8, 4) is 6.07 Å². The molecule has 0 aromatic heterocycles. The number of anilines is 2. The highest BCUT2D eigenvalue weighted by molar-refractivity contribution is 5.90. The maximum absolute atomic E-state index is 12.6. The number of carbonyl (C=O) groups is 1. The molecule has 2 amide bonds. The number of urea groups is 1. The topological polar surface area (TPSA) is 59.4 Å². The Labute approximate surface area is 154 Å². The number of carbonyl (C=O) groups excluding carboxylic acids is 1. The number of nitrogens with zero attached hydrogens (tertiary/aromatic N) is 3. The van der Waals surface area contributed by atoms with E-state index in [1.807, 2.05) is 41.3 Å². The first-order valence-electron chi connectivity index (χ1n) is 8.98. The predicted octanol–water partition coefficient (Wildman–Crippen LogP) is 4.04. The highest BCUT2D eigenvalue weighted by Crippen LogP contribution is 2.24. The van der Waals surface area contributed by atoms with Crippen LogP contribution in [-0.4, -0.2) is 37.1 Å². The van der Waals surface area contributed by atoms with Crippen molar-refractivity contribution in [2.45, 2.75) is 19.8 Å². The Morgan fingerprint density at radius 1 is 1.08 bits per heavy atom. The Morgan fingerprint density at radius 2 is 1.81 bits per heavy atom. The van der Waals surface area contributed by atoms with Gasteiger partial charge >= 0.3 is 6.03 Å². The summed E-state index contributed by atoms with van der Waals surface area (Å²) in [7, 11) is 0. The van der Waals surface area contributed by atoms with E-state index in [0.717, 1.165) is 30.0 Å². The van der Waals surface area contributed by atoms with Crippen LogP contribution in [-0.2, 0) is 0 Å². The van der Waals surface area contributed by atoms with Gasteiger partial charge in [-0.05, 0) is 35.7 Å². The number of para-hydroxylation sites is 1. The van der Waals surface area contributed by atoms with Crippen LogP contribution in [0.2, 0.25) is 0 Å². The van der Waals surface area contributed by atoms with Crippen LogP contribution < -0.4 is 10.2 Å². The summed E-state index contributed by atoms with van der Waals surface area (Å²) < 4.78 is 0. The van der Waals surface area contributed by atoms with Gasteiger partial charge in [-0.2, -0.15) is 5.26 Å². The maximum atomic E-state index is 12.6. The van der Waals surface area contributed by atoms with Gasteiger partial charge in [0.05, 0.1) is 11.6 Å². The van der Waals surface area contributed by atoms with E-state index in [1.54, 1.807) is 6.07 Å². The fraction of sp³-hybridized carbons (Fsp3) is 0.333. The summed E-state index contributed by atoms with van der Waals surface area (Å²) >= 11 is 0. The largest absolute Gasteiger partial charge is 0.368 e. The predicted molar refractivity (Wildman–Crippen MR) is 104 cm³/mol. The van der Waals surface area contributed by atoms with Gasteiger partial charge in [-0.3, -0.25) is 0 Å². The minimum atomic E-state index is -0.0523. The minimum absolute atomic E-state index is 0.0523. The number of hydrogen-bond acceptors (Lipinski definition) is 3. The molecule has 0 bridgehead atoms. The Morgan fingerprint density at radius 3 is 2.50 bits per heavy atom. The second-order valence-electron chi connectivity index (χ2n) is 6.81. The average Bonchev–Trinajstić information content (AvgIpc) is 2.68. The Kier molecular flexibility index (Phi) is 5.43. The molecule has 26 heavy (non-hydrogen) atoms. The number of nitriles is 1. The van der Waals surface area contributed by atoms with E-state index in [4.69, 9.17) is 5.26 Å². The summed E-state index contributed by atoms with van der Waals surface area (Å²) in [6.45, 7) is 7.08. The first kappa shape index (κ1) is 17.8. The van der Waals surface area contributed by atoms with Gasteiger partial charge < -0.3 is 15.1 Å². The second kappa shape index (κ2) is 7.92. The molecule has 3 rings (SSSR count). The van der Waals surface area contributed by atoms with Crippen molar-refractivity contribution in [2.75, 3.05) is 36.4 Å². The summed E-state index contributed by atoms with van der Waals surface area (Å²) in [6.07, 6.45) is 0. The van der Waals surface area contributed by atoms with Gasteiger partial charge in [-0.1, -0.05) is 38.1 Å². The Hall–Kier alpha value is -3.00. The van der Waals surface area contributed by atoms with E-state index in [-0.39, 0.29) is 6.03 Å². The Bertz CT molecular complexity index is 817. The number of hydrogen-bond donors (Lipinski definition) is 1. The fourth-order valence-corrected chi connectivity index (χ4v) is 3.25. The molecule has 1 N–H and O–H groups in total. The van der Waals surface area contributed by atoms with Crippen molar-refractivity contribution in [1.29, 1.82) is 5.26 Å². The van der Waals surface area contributed by atoms with Gasteiger partial charge in [0, 0.05) is 37.6 Å². The number of rotatable bonds is 3. The maximum Gasteiger partial charge on any atom is 0.321 e. The van der Waals surface area contributed by atoms with E-state index < -0.39 is 0 Å². The number of amides is 2. The lowest BCUT2D eigenvalue weighted by Crippen LogP contribution is -2.50. The van der Waals surface area contributed by atoms with E-state index >= 15 is 0 Å². The highest BCUT2D eigenvalue weighted by atomic mass is 16.2. The van der Waals surface area contributed by atoms with Gasteiger partial charge in [0.2, 0.25) is 0 Å². The molecule has 5 nitrogen and oxygen atoms in total. The molecule has 0 radical (unpaired) electrons. The zero-order valence-electron chi connectivity index (χ0n) is 15.3. The lowest BCUT2D eigenvalue weighted by Gasteiger charge is -2.36. The third-order valence-corrected chi connectivity index (χ3v) is 4.73. The molecule has 0 atom stereocenters. The van der Waals surface area contributed by atoms with Crippen molar-refractivity contribution in [2.24, 2.45) is 0 Å². The molecule has 1 heterocycles. The summed E-state index contributed by atoms with van der Waals surface area (Å²) in [5, 5.41) is 12.1. The van der Waals surface area contributed by atoms with Gasteiger partial charge in [-0.25, -0.2) is 4.79 Å². The Balaban J connectivity index is 1.61. The smallest absolute Gasteiger partial charge is 0.321 e. The molecule has 2 aromatic carbocycles. The molecule has 0 aliphatic carbocycles. The average molecular weight is 348 g/mol. The zero-order chi connectivity index (χ0) is 18.5. The van der Waals surface area contributed by atoms with Crippen molar-refractivity contribution in [3.63, 3.8) is 0 Å². The molecule has 1 saturated heterocycles. The first-order valence-corrected chi connectivity index (χ1v) is 8.98. The van der Waals surface area contributed by atoms with Crippen LogP contribution in [0.3, 0.4) is 0 Å². The second-order valence-corrected chi connectivity index (χ2v) is 6.81. The molecule has 0 unspecified atom stereocenters. The van der Waals surface area contributed by atoms with Crippen LogP contribution in [0.5, 0.6) is 0 Å². The van der Waals surface area contributed by atoms with Crippen molar-refractivity contribution in [3.05, 3.63) is 59.7 Å². The number of benzene rings is 2. The normalized spacial score (nSPS) is 14.2. The van der Waals surface area contributed by atoms with Crippen molar-refractivity contribution >= 4 is 17.4 Å². The van der Waals surface area contributed by atoms with E-state index in [9.17, 15) is 4.79 Å². The number of nitrogens with one attached hydrogen (secondary N) is 1. The monoisotopic (exact) mass is 348 g/mol. The molecule has 2 aromatic rings. The molecule has 1 aliphatic heterocycles. The van der Waals surface area contributed by atoms with Crippen LogP contribution in [0.15, 0.2) is 48.5 Å². The van der Waals surface area contributed by atoms with Gasteiger partial charge in [-0.15, -0.1) is 0 Å². The van der Waals surface area contributed by atoms with Crippen molar-refractivity contribution in [1.82, 2.24) is 4.90 Å². The quantitative estimate of drug-likeness (QED) is 0.911. The lowest BCUT2D eigenvalue weighted by molar-refractivity contribution is 0.208. The molecular weight excluding hydrogens is 324 g/mol. The van der Waals surface area contributed by atoms with Crippen LogP contribution in [0.4, 0.5) is 16.2 Å². The summed E-state index contributed by atoms with van der Waals surface area (Å²) in [5.74, 6) is 0.357. The molecule has 134 valence electrons. The molecular formula is C21H24N4O. The third-order valence-electron chi connectivity index (χ3n) is 4.73. The third kappa shape index (κ3) is 3.97. The first-order chi connectivity index (χ1) is 12.6. The number of piperazine rings is 1. The molecule has 5 heteroatoms. The highest BCUT2D eigenvalue weighted by Gasteiger charge is 2.22. The van der Waals surface area contributed by atoms with Crippen LogP contribution in [0.25, 0.3) is 0 Å². The van der Waals surface area contributed by atoms with E-state index in [0.29, 0.717) is 24.6 Å². The van der Waals surface area contributed by atoms with Crippen LogP contribution in [0.1, 0.15) is 30.9 Å². The molecule has 1 aliphatic rings. The van der Waals surface area contributed by atoms with E-state index in [1.165, 1.54) is 0 Å². The zero-order valence-corrected chi connectivity index (χ0v) is 15.3. The van der Waals surface area contributed by atoms with E-state index in [2.05, 4.69) is 36.2 Å². The minimum Gasteiger partial charge on any atom is -0.368 e. The summed E-state index contributed by atoms with van der Waals surface area (Å²) in [4.78, 5) is 16.7. The standard InChI is InChI=1S/C21H24N4O/c1-16(2)19-8-3-4-9-20(19)23-21(26)25-12-10-24(11-13-25)18-7-5-6-17(14-18)15-22/h3-9,14,16H,10-13H2,1-2H3,(H,23,26). The molecule has 0 spiro atoms. The molecule has 0 saturated carbocycles. The van der Waals surface area contributed by atoms with Gasteiger partial charge in [0.1, 0.15) is 0 Å². The lowest BCUT2D eigenvalue weighted by atomic mass is 10.0.